The molecule has 0 heterocycles. The zero-order valence-electron chi connectivity index (χ0n) is 17.3. The SMILES string of the molecule is C#C[C@]1(OCC#CCCC)CC[C@H]2[C@@H]3CCC4CC=CC[C@@H]4[C@H]3CC[C@@]21C. The first kappa shape index (κ1) is 19.2. The molecule has 4 aliphatic carbocycles. The Morgan fingerprint density at radius 2 is 1.85 bits per heavy atom. The van der Waals surface area contributed by atoms with Crippen LogP contribution in [0, 0.1) is 59.2 Å². The fraction of sp³-hybridized carbons (Fsp3) is 0.769. The van der Waals surface area contributed by atoms with Crippen molar-refractivity contribution in [2.75, 3.05) is 6.61 Å². The monoisotopic (exact) mass is 364 g/mol. The van der Waals surface area contributed by atoms with Crippen LogP contribution in [0.25, 0.3) is 0 Å². The van der Waals surface area contributed by atoms with E-state index in [1.54, 1.807) is 0 Å². The van der Waals surface area contributed by atoms with Crippen LogP contribution in [-0.4, -0.2) is 12.2 Å². The molecular weight excluding hydrogens is 328 g/mol. The van der Waals surface area contributed by atoms with Crippen molar-refractivity contribution >= 4 is 0 Å². The van der Waals surface area contributed by atoms with Gasteiger partial charge in [0, 0.05) is 11.8 Å². The molecule has 0 radical (unpaired) electrons. The van der Waals surface area contributed by atoms with Crippen LogP contribution in [0.4, 0.5) is 0 Å². The van der Waals surface area contributed by atoms with E-state index >= 15 is 0 Å². The van der Waals surface area contributed by atoms with E-state index in [1.165, 1.54) is 44.9 Å². The van der Waals surface area contributed by atoms with Gasteiger partial charge in [0.1, 0.15) is 12.2 Å². The standard InChI is InChI=1S/C26H36O/c1-4-6-7-10-19-27-26(5-2)18-16-24-23-14-13-20-11-8-9-12-21(20)22(23)15-17-25(24,26)3/h2,8-9,20-24H,4,6,11-19H2,1,3H3/t20?,21-,22+,23+,24-,25-,26-/m0/s1. The van der Waals surface area contributed by atoms with Gasteiger partial charge in [-0.1, -0.05) is 37.8 Å². The molecule has 7 atom stereocenters. The summed E-state index contributed by atoms with van der Waals surface area (Å²) in [5, 5.41) is 0. The highest BCUT2D eigenvalue weighted by Gasteiger charge is 2.63. The van der Waals surface area contributed by atoms with E-state index in [1.807, 2.05) is 0 Å². The Labute approximate surface area is 166 Å². The minimum Gasteiger partial charge on any atom is -0.349 e. The van der Waals surface area contributed by atoms with Crippen LogP contribution in [0.5, 0.6) is 0 Å². The third-order valence-electron chi connectivity index (χ3n) is 8.78. The second-order valence-electron chi connectivity index (χ2n) is 9.74. The topological polar surface area (TPSA) is 9.23 Å². The Morgan fingerprint density at radius 3 is 2.67 bits per heavy atom. The van der Waals surface area contributed by atoms with Gasteiger partial charge in [-0.15, -0.1) is 12.3 Å². The van der Waals surface area contributed by atoms with Gasteiger partial charge in [0.2, 0.25) is 0 Å². The number of unbranched alkanes of at least 4 members (excludes halogenated alkanes) is 1. The molecule has 0 aromatic heterocycles. The van der Waals surface area contributed by atoms with E-state index in [9.17, 15) is 0 Å². The van der Waals surface area contributed by atoms with Gasteiger partial charge in [0.15, 0.2) is 0 Å². The summed E-state index contributed by atoms with van der Waals surface area (Å²) in [4.78, 5) is 0. The van der Waals surface area contributed by atoms with Crippen LogP contribution < -0.4 is 0 Å². The van der Waals surface area contributed by atoms with Crippen LogP contribution in [0.2, 0.25) is 0 Å². The third-order valence-corrected chi connectivity index (χ3v) is 8.78. The largest absolute Gasteiger partial charge is 0.349 e. The average molecular weight is 365 g/mol. The average Bonchev–Trinajstić information content (AvgIpc) is 3.00. The predicted molar refractivity (Wildman–Crippen MR) is 112 cm³/mol. The summed E-state index contributed by atoms with van der Waals surface area (Å²) >= 11 is 0. The lowest BCUT2D eigenvalue weighted by Gasteiger charge is -2.56. The van der Waals surface area contributed by atoms with Crippen molar-refractivity contribution in [2.45, 2.75) is 83.7 Å². The Bertz CT molecular complexity index is 673. The summed E-state index contributed by atoms with van der Waals surface area (Å²) in [7, 11) is 0. The molecule has 0 aliphatic heterocycles. The molecule has 4 aliphatic rings. The summed E-state index contributed by atoms with van der Waals surface area (Å²) in [6.45, 7) is 5.11. The molecular formula is C26H36O. The summed E-state index contributed by atoms with van der Waals surface area (Å²) in [5.41, 5.74) is -0.264. The van der Waals surface area contributed by atoms with Crippen molar-refractivity contribution in [3.63, 3.8) is 0 Å². The number of hydrogen-bond acceptors (Lipinski definition) is 1. The van der Waals surface area contributed by atoms with Crippen molar-refractivity contribution in [1.82, 2.24) is 0 Å². The van der Waals surface area contributed by atoms with E-state index in [0.29, 0.717) is 6.61 Å². The molecule has 0 aromatic rings. The lowest BCUT2D eigenvalue weighted by Crippen LogP contribution is -2.53. The maximum absolute atomic E-state index is 6.42. The molecule has 146 valence electrons. The van der Waals surface area contributed by atoms with Crippen molar-refractivity contribution in [3.05, 3.63) is 12.2 Å². The first-order valence-electron chi connectivity index (χ1n) is 11.4. The quantitative estimate of drug-likeness (QED) is 0.441. The van der Waals surface area contributed by atoms with Gasteiger partial charge in [-0.3, -0.25) is 0 Å². The highest BCUT2D eigenvalue weighted by atomic mass is 16.5. The normalized spacial score (nSPS) is 45.0. The predicted octanol–water partition coefficient (Wildman–Crippen LogP) is 6.00. The van der Waals surface area contributed by atoms with Gasteiger partial charge >= 0.3 is 0 Å². The van der Waals surface area contributed by atoms with Crippen molar-refractivity contribution in [3.8, 4) is 24.2 Å². The number of hydrogen-bond donors (Lipinski definition) is 0. The third kappa shape index (κ3) is 3.08. The summed E-state index contributed by atoms with van der Waals surface area (Å²) in [6, 6.07) is 0. The summed E-state index contributed by atoms with van der Waals surface area (Å²) in [5.74, 6) is 14.0. The Balaban J connectivity index is 1.52. The Hall–Kier alpha value is -1.18. The minimum atomic E-state index is -0.396. The first-order chi connectivity index (χ1) is 13.1. The van der Waals surface area contributed by atoms with Gasteiger partial charge < -0.3 is 4.74 Å². The maximum Gasteiger partial charge on any atom is 0.135 e. The minimum absolute atomic E-state index is 0.132. The van der Waals surface area contributed by atoms with Crippen LogP contribution >= 0.6 is 0 Å². The van der Waals surface area contributed by atoms with Gasteiger partial charge in [-0.2, -0.15) is 0 Å². The molecule has 1 nitrogen and oxygen atoms in total. The van der Waals surface area contributed by atoms with E-state index in [4.69, 9.17) is 11.2 Å². The second-order valence-corrected chi connectivity index (χ2v) is 9.74. The number of ether oxygens (including phenoxy) is 1. The molecule has 3 fully saturated rings. The molecule has 0 amide bonds. The molecule has 4 rings (SSSR count). The highest BCUT2D eigenvalue weighted by Crippen LogP contribution is 2.65. The number of fused-ring (bicyclic) bond motifs is 5. The van der Waals surface area contributed by atoms with Gasteiger partial charge in [0.05, 0.1) is 0 Å². The molecule has 0 bridgehead atoms. The molecule has 0 aromatic carbocycles. The molecule has 27 heavy (non-hydrogen) atoms. The summed E-state index contributed by atoms with van der Waals surface area (Å²) < 4.78 is 6.42. The van der Waals surface area contributed by atoms with Crippen molar-refractivity contribution in [2.24, 2.45) is 35.0 Å². The van der Waals surface area contributed by atoms with E-state index < -0.39 is 5.60 Å². The smallest absolute Gasteiger partial charge is 0.135 e. The zero-order valence-corrected chi connectivity index (χ0v) is 17.3. The highest BCUT2D eigenvalue weighted by molar-refractivity contribution is 5.24. The number of allylic oxidation sites excluding steroid dienone is 2. The van der Waals surface area contributed by atoms with Gasteiger partial charge in [-0.25, -0.2) is 0 Å². The van der Waals surface area contributed by atoms with E-state index in [-0.39, 0.29) is 5.41 Å². The number of rotatable bonds is 3. The fourth-order valence-corrected chi connectivity index (χ4v) is 7.36. The number of terminal acetylenes is 1. The molecule has 0 saturated heterocycles. The van der Waals surface area contributed by atoms with Gasteiger partial charge in [-0.05, 0) is 87.4 Å². The van der Waals surface area contributed by atoms with E-state index in [2.05, 4.69) is 43.8 Å². The molecule has 3 saturated carbocycles. The Morgan fingerprint density at radius 1 is 1.00 bits per heavy atom. The van der Waals surface area contributed by atoms with E-state index in [0.717, 1.165) is 48.9 Å². The summed E-state index contributed by atoms with van der Waals surface area (Å²) in [6.07, 6.45) is 23.4. The lowest BCUT2D eigenvalue weighted by atomic mass is 9.49. The zero-order chi connectivity index (χ0) is 18.9. The van der Waals surface area contributed by atoms with Crippen LogP contribution in [0.15, 0.2) is 12.2 Å². The van der Waals surface area contributed by atoms with Crippen LogP contribution in [-0.2, 0) is 4.74 Å². The van der Waals surface area contributed by atoms with Gasteiger partial charge in [0.25, 0.3) is 0 Å². The first-order valence-corrected chi connectivity index (χ1v) is 11.4. The molecule has 1 heteroatoms. The maximum atomic E-state index is 6.42. The molecule has 0 N–H and O–H groups in total. The lowest BCUT2D eigenvalue weighted by molar-refractivity contribution is -0.122. The molecule has 0 spiro atoms. The van der Waals surface area contributed by atoms with Crippen LogP contribution in [0.3, 0.4) is 0 Å². The van der Waals surface area contributed by atoms with Crippen LogP contribution in [0.1, 0.15) is 78.1 Å². The second kappa shape index (κ2) is 7.68. The Kier molecular flexibility index (Phi) is 5.45. The molecule has 1 unspecified atom stereocenters. The fourth-order valence-electron chi connectivity index (χ4n) is 7.36. The van der Waals surface area contributed by atoms with Crippen molar-refractivity contribution in [1.29, 1.82) is 0 Å². The van der Waals surface area contributed by atoms with Crippen molar-refractivity contribution < 1.29 is 4.74 Å².